The molecule has 2 fully saturated rings. The Bertz CT molecular complexity index is 395. The quantitative estimate of drug-likeness (QED) is 0.303. The van der Waals surface area contributed by atoms with Crippen LogP contribution in [-0.2, 0) is 9.47 Å². The van der Waals surface area contributed by atoms with Gasteiger partial charge in [0.15, 0.2) is 0 Å². The Morgan fingerprint density at radius 2 is 1.18 bits per heavy atom. The molecule has 2 nitrogen and oxygen atoms in total. The molecule has 2 aliphatic rings. The summed E-state index contributed by atoms with van der Waals surface area (Å²) in [5, 5.41) is 0. The second-order valence-electron chi connectivity index (χ2n) is 9.26. The third-order valence-electron chi connectivity index (χ3n) is 7.11. The highest BCUT2D eigenvalue weighted by atomic mass is 16.5. The molecule has 0 heterocycles. The van der Waals surface area contributed by atoms with E-state index in [1.807, 2.05) is 12.2 Å². The SMILES string of the molecule is C=CCOCC1CCCCC(COCC=C)C(C2CCCCCCCC2)CC1. The molecule has 2 heteroatoms. The fraction of sp³-hybridized carbons (Fsp3) is 0.846. The van der Waals surface area contributed by atoms with E-state index in [2.05, 4.69) is 13.2 Å². The second-order valence-corrected chi connectivity index (χ2v) is 9.26. The molecule has 0 spiro atoms. The maximum Gasteiger partial charge on any atom is 0.0644 e. The van der Waals surface area contributed by atoms with Crippen molar-refractivity contribution in [3.8, 4) is 0 Å². The molecule has 2 saturated carbocycles. The van der Waals surface area contributed by atoms with E-state index >= 15 is 0 Å². The average molecular weight is 391 g/mol. The molecule has 0 radical (unpaired) electrons. The van der Waals surface area contributed by atoms with Crippen LogP contribution in [0.2, 0.25) is 0 Å². The lowest BCUT2D eigenvalue weighted by Gasteiger charge is -2.34. The summed E-state index contributed by atoms with van der Waals surface area (Å²) in [7, 11) is 0. The van der Waals surface area contributed by atoms with Crippen LogP contribution in [0.4, 0.5) is 0 Å². The smallest absolute Gasteiger partial charge is 0.0644 e. The van der Waals surface area contributed by atoms with Gasteiger partial charge in [0.2, 0.25) is 0 Å². The summed E-state index contributed by atoms with van der Waals surface area (Å²) in [6.07, 6.45) is 23.4. The largest absolute Gasteiger partial charge is 0.377 e. The van der Waals surface area contributed by atoms with Gasteiger partial charge in [0.1, 0.15) is 0 Å². The minimum Gasteiger partial charge on any atom is -0.377 e. The Labute approximate surface area is 175 Å². The van der Waals surface area contributed by atoms with Crippen LogP contribution >= 0.6 is 0 Å². The fourth-order valence-corrected chi connectivity index (χ4v) is 5.57. The molecule has 0 N–H and O–H groups in total. The monoisotopic (exact) mass is 390 g/mol. The van der Waals surface area contributed by atoms with E-state index in [9.17, 15) is 0 Å². The third-order valence-corrected chi connectivity index (χ3v) is 7.11. The van der Waals surface area contributed by atoms with Crippen molar-refractivity contribution in [2.45, 2.75) is 89.9 Å². The summed E-state index contributed by atoms with van der Waals surface area (Å²) in [4.78, 5) is 0. The van der Waals surface area contributed by atoms with Crippen molar-refractivity contribution in [3.05, 3.63) is 25.3 Å². The fourth-order valence-electron chi connectivity index (χ4n) is 5.57. The first-order valence-corrected chi connectivity index (χ1v) is 12.2. The lowest BCUT2D eigenvalue weighted by molar-refractivity contribution is 0.0579. The van der Waals surface area contributed by atoms with E-state index < -0.39 is 0 Å². The zero-order valence-electron chi connectivity index (χ0n) is 18.4. The standard InChI is InChI=1S/C26H46O2/c1-3-19-27-21-23-13-11-12-16-25(22-28-20-4-2)26(18-17-23)24-14-9-7-5-6-8-10-15-24/h3-4,23-26H,1-2,5-22H2. The molecule has 0 aromatic rings. The molecule has 3 atom stereocenters. The van der Waals surface area contributed by atoms with Gasteiger partial charge < -0.3 is 9.47 Å². The van der Waals surface area contributed by atoms with Gasteiger partial charge in [-0.25, -0.2) is 0 Å². The molecule has 0 bridgehead atoms. The molecule has 28 heavy (non-hydrogen) atoms. The molecular formula is C26H46O2. The van der Waals surface area contributed by atoms with Crippen LogP contribution in [0.3, 0.4) is 0 Å². The van der Waals surface area contributed by atoms with Crippen LogP contribution in [0, 0.1) is 23.7 Å². The zero-order chi connectivity index (χ0) is 19.9. The summed E-state index contributed by atoms with van der Waals surface area (Å²) in [6, 6.07) is 0. The maximum atomic E-state index is 6.01. The summed E-state index contributed by atoms with van der Waals surface area (Å²) < 4.78 is 11.9. The lowest BCUT2D eigenvalue weighted by Crippen LogP contribution is -2.28. The first-order chi connectivity index (χ1) is 13.8. The molecule has 2 rings (SSSR count). The van der Waals surface area contributed by atoms with Gasteiger partial charge in [-0.05, 0) is 49.4 Å². The molecule has 162 valence electrons. The summed E-state index contributed by atoms with van der Waals surface area (Å²) in [5.41, 5.74) is 0. The molecule has 0 saturated heterocycles. The lowest BCUT2D eigenvalue weighted by atomic mass is 9.73. The number of hydrogen-bond donors (Lipinski definition) is 0. The minimum atomic E-state index is 0.695. The molecular weight excluding hydrogens is 344 g/mol. The molecule has 2 aliphatic carbocycles. The van der Waals surface area contributed by atoms with E-state index in [0.717, 1.165) is 36.9 Å². The van der Waals surface area contributed by atoms with Crippen molar-refractivity contribution in [2.75, 3.05) is 26.4 Å². The van der Waals surface area contributed by atoms with Crippen molar-refractivity contribution in [1.82, 2.24) is 0 Å². The highest BCUT2D eigenvalue weighted by molar-refractivity contribution is 4.82. The molecule has 0 aliphatic heterocycles. The van der Waals surface area contributed by atoms with Crippen molar-refractivity contribution in [3.63, 3.8) is 0 Å². The van der Waals surface area contributed by atoms with Crippen molar-refractivity contribution in [1.29, 1.82) is 0 Å². The maximum absolute atomic E-state index is 6.01. The Morgan fingerprint density at radius 3 is 1.86 bits per heavy atom. The predicted molar refractivity (Wildman–Crippen MR) is 121 cm³/mol. The van der Waals surface area contributed by atoms with Gasteiger partial charge in [-0.2, -0.15) is 0 Å². The first kappa shape index (κ1) is 23.7. The Kier molecular flexibility index (Phi) is 12.9. The minimum absolute atomic E-state index is 0.695. The second kappa shape index (κ2) is 15.3. The molecule has 0 aromatic carbocycles. The van der Waals surface area contributed by atoms with Gasteiger partial charge in [0.05, 0.1) is 19.8 Å². The molecule has 0 amide bonds. The summed E-state index contributed by atoms with van der Waals surface area (Å²) in [5.74, 6) is 3.20. The van der Waals surface area contributed by atoms with Crippen molar-refractivity contribution in [2.24, 2.45) is 23.7 Å². The summed E-state index contributed by atoms with van der Waals surface area (Å²) >= 11 is 0. The topological polar surface area (TPSA) is 18.5 Å². The van der Waals surface area contributed by atoms with Crippen LogP contribution < -0.4 is 0 Å². The third kappa shape index (κ3) is 9.27. The highest BCUT2D eigenvalue weighted by Gasteiger charge is 2.31. The Morgan fingerprint density at radius 1 is 0.607 bits per heavy atom. The van der Waals surface area contributed by atoms with E-state index in [1.165, 1.54) is 89.9 Å². The van der Waals surface area contributed by atoms with Gasteiger partial charge in [0, 0.05) is 6.61 Å². The van der Waals surface area contributed by atoms with E-state index in [0.29, 0.717) is 13.2 Å². The summed E-state index contributed by atoms with van der Waals surface area (Å²) in [6.45, 7) is 10.9. The average Bonchev–Trinajstić information content (AvgIpc) is 2.90. The van der Waals surface area contributed by atoms with E-state index in [-0.39, 0.29) is 0 Å². The highest BCUT2D eigenvalue weighted by Crippen LogP contribution is 2.39. The van der Waals surface area contributed by atoms with E-state index in [4.69, 9.17) is 9.47 Å². The normalized spacial score (nSPS) is 28.8. The van der Waals surface area contributed by atoms with Crippen LogP contribution in [-0.4, -0.2) is 26.4 Å². The van der Waals surface area contributed by atoms with Crippen LogP contribution in [0.15, 0.2) is 25.3 Å². The zero-order valence-corrected chi connectivity index (χ0v) is 18.4. The van der Waals surface area contributed by atoms with Crippen molar-refractivity contribution < 1.29 is 9.47 Å². The molecule has 0 aromatic heterocycles. The predicted octanol–water partition coefficient (Wildman–Crippen LogP) is 7.35. The Hall–Kier alpha value is -0.600. The van der Waals surface area contributed by atoms with Gasteiger partial charge in [-0.3, -0.25) is 0 Å². The van der Waals surface area contributed by atoms with Crippen LogP contribution in [0.25, 0.3) is 0 Å². The number of ether oxygens (including phenoxy) is 2. The molecule has 3 unspecified atom stereocenters. The van der Waals surface area contributed by atoms with E-state index in [1.54, 1.807) is 0 Å². The number of hydrogen-bond acceptors (Lipinski definition) is 2. The van der Waals surface area contributed by atoms with Gasteiger partial charge in [-0.1, -0.05) is 76.4 Å². The van der Waals surface area contributed by atoms with Gasteiger partial charge in [-0.15, -0.1) is 13.2 Å². The van der Waals surface area contributed by atoms with Gasteiger partial charge in [0.25, 0.3) is 0 Å². The Balaban J connectivity index is 2.03. The van der Waals surface area contributed by atoms with Crippen LogP contribution in [0.1, 0.15) is 89.9 Å². The van der Waals surface area contributed by atoms with Crippen LogP contribution in [0.5, 0.6) is 0 Å². The number of rotatable bonds is 9. The van der Waals surface area contributed by atoms with Gasteiger partial charge >= 0.3 is 0 Å². The van der Waals surface area contributed by atoms with Crippen molar-refractivity contribution >= 4 is 0 Å². The first-order valence-electron chi connectivity index (χ1n) is 12.2.